The molecule has 0 unspecified atom stereocenters. The van der Waals surface area contributed by atoms with Crippen LogP contribution >= 0.6 is 23.5 Å². The van der Waals surface area contributed by atoms with Crippen LogP contribution in [0.4, 0.5) is 0 Å². The maximum absolute atomic E-state index is 13.5. The van der Waals surface area contributed by atoms with Crippen molar-refractivity contribution in [2.75, 3.05) is 44.0 Å². The fraction of sp³-hybridized carbons (Fsp3) is 0.560. The number of hydrogen-bond acceptors (Lipinski definition) is 9. The quantitative estimate of drug-likeness (QED) is 0.119. The Morgan fingerprint density at radius 3 is 2.03 bits per heavy atom. The summed E-state index contributed by atoms with van der Waals surface area (Å²) in [5.74, 6) is -0.241. The Labute approximate surface area is 232 Å². The number of hydrogen-bond donors (Lipinski definition) is 4. The molecule has 38 heavy (non-hydrogen) atoms. The van der Waals surface area contributed by atoms with Crippen LogP contribution in [0.15, 0.2) is 30.3 Å². The van der Waals surface area contributed by atoms with E-state index in [2.05, 4.69) is 21.3 Å². The van der Waals surface area contributed by atoms with Crippen LogP contribution in [0.1, 0.15) is 26.3 Å². The number of nitrogens with one attached hydrogen (secondary N) is 4. The standard InChI is InChI=1S/C25H39N5O6S2/c1-17(31)27-15-37-13-22(26-4)25(35)30(5)23(14-38-16-28-18(2)32)24(34)29-21(12-36-19(3)33)11-20-9-7-6-8-10-20/h6-10,21-23,26H,11-16H2,1-5H3,(H,27,31)(H,28,32)(H,29,34)/t21-,22+,23+/m0/s1. The summed E-state index contributed by atoms with van der Waals surface area (Å²) in [4.78, 5) is 62.0. The molecule has 0 radical (unpaired) electrons. The van der Waals surface area contributed by atoms with E-state index < -0.39 is 30.0 Å². The van der Waals surface area contributed by atoms with Gasteiger partial charge in [-0.2, -0.15) is 0 Å². The van der Waals surface area contributed by atoms with E-state index in [1.165, 1.54) is 49.2 Å². The Bertz CT molecular complexity index is 921. The molecule has 0 fully saturated rings. The van der Waals surface area contributed by atoms with Gasteiger partial charge < -0.3 is 30.9 Å². The van der Waals surface area contributed by atoms with E-state index in [1.54, 1.807) is 14.1 Å². The molecule has 0 aliphatic rings. The van der Waals surface area contributed by atoms with Gasteiger partial charge in [-0.25, -0.2) is 0 Å². The van der Waals surface area contributed by atoms with Gasteiger partial charge in [-0.05, 0) is 19.0 Å². The molecule has 0 aromatic heterocycles. The number of likely N-dealkylation sites (N-methyl/N-ethyl adjacent to an activating group) is 2. The zero-order valence-corrected chi connectivity index (χ0v) is 24.2. The Hall–Kier alpha value is -2.77. The van der Waals surface area contributed by atoms with Crippen molar-refractivity contribution in [1.82, 2.24) is 26.2 Å². The first-order chi connectivity index (χ1) is 18.0. The third-order valence-corrected chi connectivity index (χ3v) is 7.15. The minimum absolute atomic E-state index is 0.0156. The monoisotopic (exact) mass is 569 g/mol. The lowest BCUT2D eigenvalue weighted by Gasteiger charge is -2.31. The van der Waals surface area contributed by atoms with Crippen LogP contribution in [-0.4, -0.2) is 96.6 Å². The van der Waals surface area contributed by atoms with Gasteiger partial charge in [0.25, 0.3) is 0 Å². The molecule has 0 saturated carbocycles. The topological polar surface area (TPSA) is 146 Å². The molecule has 0 saturated heterocycles. The average molecular weight is 570 g/mol. The summed E-state index contributed by atoms with van der Waals surface area (Å²) in [5, 5.41) is 11.3. The third-order valence-electron chi connectivity index (χ3n) is 5.33. The summed E-state index contributed by atoms with van der Waals surface area (Å²) in [6.07, 6.45) is 0.433. The zero-order valence-electron chi connectivity index (χ0n) is 22.6. The van der Waals surface area contributed by atoms with Crippen molar-refractivity contribution in [1.29, 1.82) is 0 Å². The third kappa shape index (κ3) is 13.7. The molecule has 1 rings (SSSR count). The van der Waals surface area contributed by atoms with Gasteiger partial charge in [-0.1, -0.05) is 30.3 Å². The Kier molecular flexibility index (Phi) is 16.2. The highest BCUT2D eigenvalue weighted by atomic mass is 32.2. The second-order valence-corrected chi connectivity index (χ2v) is 10.6. The maximum atomic E-state index is 13.5. The van der Waals surface area contributed by atoms with E-state index in [1.807, 2.05) is 30.3 Å². The largest absolute Gasteiger partial charge is 0.464 e. The molecule has 11 nitrogen and oxygen atoms in total. The lowest BCUT2D eigenvalue weighted by molar-refractivity contribution is -0.143. The average Bonchev–Trinajstić information content (AvgIpc) is 2.86. The molecule has 212 valence electrons. The first kappa shape index (κ1) is 33.3. The summed E-state index contributed by atoms with van der Waals surface area (Å²) in [6.45, 7) is 4.11. The number of benzene rings is 1. The zero-order chi connectivity index (χ0) is 28.5. The molecule has 1 aromatic carbocycles. The van der Waals surface area contributed by atoms with Crippen molar-refractivity contribution in [2.45, 2.75) is 45.3 Å². The van der Waals surface area contributed by atoms with Gasteiger partial charge in [0.1, 0.15) is 12.6 Å². The number of thioether (sulfide) groups is 2. The number of esters is 1. The molecular weight excluding hydrogens is 530 g/mol. The molecule has 0 heterocycles. The first-order valence-electron chi connectivity index (χ1n) is 12.1. The number of carbonyl (C=O) groups is 5. The molecule has 1 aromatic rings. The van der Waals surface area contributed by atoms with Crippen LogP contribution in [-0.2, 0) is 35.1 Å². The minimum Gasteiger partial charge on any atom is -0.464 e. The van der Waals surface area contributed by atoms with E-state index in [0.29, 0.717) is 18.1 Å². The fourth-order valence-corrected chi connectivity index (χ4v) is 5.25. The van der Waals surface area contributed by atoms with Crippen molar-refractivity contribution >= 4 is 53.1 Å². The Balaban J connectivity index is 3.00. The second kappa shape index (κ2) is 18.5. The molecule has 0 spiro atoms. The van der Waals surface area contributed by atoms with E-state index >= 15 is 0 Å². The minimum atomic E-state index is -0.854. The second-order valence-electron chi connectivity index (χ2n) is 8.50. The molecule has 0 aliphatic carbocycles. The maximum Gasteiger partial charge on any atom is 0.302 e. The van der Waals surface area contributed by atoms with Gasteiger partial charge in [0.2, 0.25) is 23.6 Å². The lowest BCUT2D eigenvalue weighted by Crippen LogP contribution is -2.56. The van der Waals surface area contributed by atoms with E-state index in [0.717, 1.165) is 5.56 Å². The summed E-state index contributed by atoms with van der Waals surface area (Å²) in [6, 6.07) is 7.54. The predicted octanol–water partition coefficient (Wildman–Crippen LogP) is 0.346. The number of amides is 4. The van der Waals surface area contributed by atoms with Crippen molar-refractivity contribution in [3.63, 3.8) is 0 Å². The first-order valence-corrected chi connectivity index (χ1v) is 14.4. The molecule has 13 heteroatoms. The summed E-state index contributed by atoms with van der Waals surface area (Å²) < 4.78 is 5.19. The highest BCUT2D eigenvalue weighted by Crippen LogP contribution is 2.13. The number of carbonyl (C=O) groups excluding carboxylic acids is 5. The van der Waals surface area contributed by atoms with Crippen molar-refractivity contribution in [3.05, 3.63) is 35.9 Å². The smallest absolute Gasteiger partial charge is 0.302 e. The van der Waals surface area contributed by atoms with Crippen LogP contribution in [0, 0.1) is 0 Å². The molecule has 3 atom stereocenters. The summed E-state index contributed by atoms with van der Waals surface area (Å²) >= 11 is 2.69. The van der Waals surface area contributed by atoms with Gasteiger partial charge >= 0.3 is 5.97 Å². The number of nitrogens with zero attached hydrogens (tertiary/aromatic N) is 1. The predicted molar refractivity (Wildman–Crippen MR) is 150 cm³/mol. The molecule has 0 bridgehead atoms. The van der Waals surface area contributed by atoms with Gasteiger partial charge in [0.05, 0.1) is 23.8 Å². The van der Waals surface area contributed by atoms with Crippen LogP contribution in [0.2, 0.25) is 0 Å². The molecule has 4 N–H and O–H groups in total. The van der Waals surface area contributed by atoms with Crippen molar-refractivity contribution in [3.8, 4) is 0 Å². The van der Waals surface area contributed by atoms with Crippen LogP contribution in [0.3, 0.4) is 0 Å². The van der Waals surface area contributed by atoms with Crippen LogP contribution in [0.25, 0.3) is 0 Å². The van der Waals surface area contributed by atoms with Crippen LogP contribution in [0.5, 0.6) is 0 Å². The van der Waals surface area contributed by atoms with Crippen molar-refractivity contribution < 1.29 is 28.7 Å². The normalized spacial score (nSPS) is 13.0. The van der Waals surface area contributed by atoms with E-state index in [9.17, 15) is 24.0 Å². The Morgan fingerprint density at radius 1 is 0.921 bits per heavy atom. The lowest BCUT2D eigenvalue weighted by atomic mass is 10.1. The highest BCUT2D eigenvalue weighted by Gasteiger charge is 2.32. The van der Waals surface area contributed by atoms with E-state index in [-0.39, 0.29) is 36.0 Å². The SMILES string of the molecule is CN[C@H](CSCNC(C)=O)C(=O)N(C)[C@H](CSCNC(C)=O)C(=O)N[C@H](COC(C)=O)Cc1ccccc1. The molecule has 0 aliphatic heterocycles. The van der Waals surface area contributed by atoms with E-state index in [4.69, 9.17) is 4.74 Å². The highest BCUT2D eigenvalue weighted by molar-refractivity contribution is 7.99. The molecular formula is C25H39N5O6S2. The Morgan fingerprint density at radius 2 is 1.50 bits per heavy atom. The van der Waals surface area contributed by atoms with Crippen molar-refractivity contribution in [2.24, 2.45) is 0 Å². The van der Waals surface area contributed by atoms with Gasteiger partial charge in [-0.15, -0.1) is 23.5 Å². The van der Waals surface area contributed by atoms with Gasteiger partial charge in [0, 0.05) is 39.3 Å². The van der Waals surface area contributed by atoms with Crippen LogP contribution < -0.4 is 21.3 Å². The summed E-state index contributed by atoms with van der Waals surface area (Å²) in [7, 11) is 3.22. The summed E-state index contributed by atoms with van der Waals surface area (Å²) in [5.41, 5.74) is 0.956. The number of ether oxygens (including phenoxy) is 1. The van der Waals surface area contributed by atoms with Gasteiger partial charge in [0.15, 0.2) is 0 Å². The fourth-order valence-electron chi connectivity index (χ4n) is 3.26. The number of rotatable bonds is 17. The van der Waals surface area contributed by atoms with Gasteiger partial charge in [-0.3, -0.25) is 24.0 Å². The molecule has 4 amide bonds.